The second kappa shape index (κ2) is 8.12. The number of carbonyl (C=O) groups is 1. The Kier molecular flexibility index (Phi) is 5.39. The van der Waals surface area contributed by atoms with Gasteiger partial charge in [0.1, 0.15) is 5.82 Å². The monoisotopic (exact) mass is 409 g/mol. The second-order valence-electron chi connectivity index (χ2n) is 7.21. The topological polar surface area (TPSA) is 122 Å². The Bertz CT molecular complexity index is 1050. The number of urea groups is 1. The minimum Gasteiger partial charge on any atom is -0.351 e. The molecule has 1 aromatic carbocycles. The van der Waals surface area contributed by atoms with E-state index in [2.05, 4.69) is 36.9 Å². The molecule has 3 aromatic rings. The van der Waals surface area contributed by atoms with E-state index in [1.165, 1.54) is 36.7 Å². The van der Waals surface area contributed by atoms with E-state index in [0.717, 1.165) is 22.0 Å². The van der Waals surface area contributed by atoms with Crippen molar-refractivity contribution >= 4 is 35.1 Å². The lowest BCUT2D eigenvalue weighted by molar-refractivity contribution is 0.259. The van der Waals surface area contributed by atoms with Gasteiger partial charge in [0.05, 0.1) is 0 Å². The van der Waals surface area contributed by atoms with E-state index in [4.69, 9.17) is 5.73 Å². The van der Waals surface area contributed by atoms with Gasteiger partial charge in [-0.25, -0.2) is 14.8 Å². The average Bonchev–Trinajstić information content (AvgIpc) is 3.02. The summed E-state index contributed by atoms with van der Waals surface area (Å²) in [5.74, 6) is 2.07. The van der Waals surface area contributed by atoms with Crippen LogP contribution in [0.3, 0.4) is 0 Å². The smallest absolute Gasteiger partial charge is 0.316 e. The van der Waals surface area contributed by atoms with E-state index >= 15 is 0 Å². The maximum Gasteiger partial charge on any atom is 0.316 e. The molecule has 1 fully saturated rings. The number of hydrogen-bond donors (Lipinski definition) is 4. The summed E-state index contributed by atoms with van der Waals surface area (Å²) in [6.07, 6.45) is 3.74. The molecule has 9 heteroatoms. The van der Waals surface area contributed by atoms with Crippen LogP contribution in [0.4, 0.5) is 22.1 Å². The number of nitrogens with zero attached hydrogens (tertiary/aromatic N) is 3. The van der Waals surface area contributed by atoms with Crippen molar-refractivity contribution in [1.82, 2.24) is 20.2 Å². The van der Waals surface area contributed by atoms with Gasteiger partial charge in [-0.05, 0) is 62.2 Å². The average molecular weight is 410 g/mol. The largest absolute Gasteiger partial charge is 0.351 e. The lowest BCUT2D eigenvalue weighted by Gasteiger charge is -2.23. The molecule has 1 aliphatic carbocycles. The van der Waals surface area contributed by atoms with E-state index in [9.17, 15) is 4.79 Å². The van der Waals surface area contributed by atoms with Gasteiger partial charge in [-0.15, -0.1) is 0 Å². The van der Waals surface area contributed by atoms with Gasteiger partial charge in [0.25, 0.3) is 0 Å². The molecular weight excluding hydrogens is 386 g/mol. The van der Waals surface area contributed by atoms with Crippen molar-refractivity contribution in [3.8, 4) is 0 Å². The zero-order valence-electron chi connectivity index (χ0n) is 16.3. The molecule has 0 aliphatic heterocycles. The van der Waals surface area contributed by atoms with Crippen molar-refractivity contribution in [2.45, 2.75) is 49.1 Å². The summed E-state index contributed by atoms with van der Waals surface area (Å²) < 4.78 is 0. The number of hydrogen-bond acceptors (Lipinski definition) is 6. The van der Waals surface area contributed by atoms with Gasteiger partial charge in [-0.1, -0.05) is 6.42 Å². The number of H-pyrrole nitrogens is 1. The molecule has 4 rings (SSSR count). The second-order valence-corrected chi connectivity index (χ2v) is 8.22. The first-order valence-corrected chi connectivity index (χ1v) is 10.3. The van der Waals surface area contributed by atoms with Crippen LogP contribution in [0.1, 0.15) is 42.1 Å². The zero-order valence-corrected chi connectivity index (χ0v) is 17.1. The number of nitrogens with two attached hydrogens (primary N) is 1. The fraction of sp³-hybridized carbons (Fsp3) is 0.300. The molecule has 5 N–H and O–H groups in total. The molecular formula is C20H23N7OS. The van der Waals surface area contributed by atoms with E-state index in [0.29, 0.717) is 22.6 Å². The Labute approximate surface area is 173 Å². The highest BCUT2D eigenvalue weighted by Gasteiger charge is 2.21. The Morgan fingerprint density at radius 1 is 1.17 bits per heavy atom. The van der Waals surface area contributed by atoms with Gasteiger partial charge in [0.15, 0.2) is 11.0 Å². The number of aromatic nitrogens is 4. The van der Waals surface area contributed by atoms with Crippen LogP contribution in [-0.4, -0.2) is 26.2 Å². The molecule has 2 aromatic heterocycles. The van der Waals surface area contributed by atoms with Crippen LogP contribution in [0.15, 0.2) is 40.4 Å². The molecule has 29 heavy (non-hydrogen) atoms. The van der Waals surface area contributed by atoms with Crippen molar-refractivity contribution in [1.29, 1.82) is 0 Å². The predicted molar refractivity (Wildman–Crippen MR) is 114 cm³/mol. The Balaban J connectivity index is 1.49. The van der Waals surface area contributed by atoms with Crippen molar-refractivity contribution in [3.05, 3.63) is 47.3 Å². The molecule has 2 amide bonds. The fourth-order valence-electron chi connectivity index (χ4n) is 3.19. The molecule has 0 spiro atoms. The number of nitrogens with one attached hydrogen (secondary N) is 3. The summed E-state index contributed by atoms with van der Waals surface area (Å²) in [6, 6.07) is 8.97. The van der Waals surface area contributed by atoms with Crippen LogP contribution in [0.2, 0.25) is 0 Å². The van der Waals surface area contributed by atoms with Crippen LogP contribution in [0.25, 0.3) is 0 Å². The molecule has 0 bridgehead atoms. The van der Waals surface area contributed by atoms with E-state index in [-0.39, 0.29) is 0 Å². The Hall–Kier alpha value is -3.07. The number of aryl methyl sites for hydroxylation is 2. The van der Waals surface area contributed by atoms with Crippen LogP contribution in [0, 0.1) is 13.8 Å². The van der Waals surface area contributed by atoms with E-state index in [1.807, 2.05) is 32.0 Å². The van der Waals surface area contributed by atoms with Crippen LogP contribution in [0.5, 0.6) is 0 Å². The number of rotatable bonds is 6. The molecule has 1 aliphatic rings. The van der Waals surface area contributed by atoms with E-state index < -0.39 is 6.03 Å². The fourth-order valence-corrected chi connectivity index (χ4v) is 4.08. The standard InChI is InChI=1S/C20H23N7OS/c1-11-8-14(23-19(21)28)6-7-16(11)29-20-22-12(2)9-17(25-20)24-18-10-15(26-27-18)13-4-3-5-13/h6-10,13H,3-5H2,1-2H3,(H3,21,23,28)(H2,22,24,25,26,27). The maximum atomic E-state index is 11.0. The van der Waals surface area contributed by atoms with Gasteiger partial charge in [0, 0.05) is 40.0 Å². The van der Waals surface area contributed by atoms with Crippen LogP contribution < -0.4 is 16.4 Å². The normalized spacial score (nSPS) is 13.7. The number of carbonyl (C=O) groups excluding carboxylic acids is 1. The molecule has 0 atom stereocenters. The number of benzene rings is 1. The van der Waals surface area contributed by atoms with Gasteiger partial charge < -0.3 is 16.4 Å². The highest BCUT2D eigenvalue weighted by molar-refractivity contribution is 7.99. The molecule has 8 nitrogen and oxygen atoms in total. The van der Waals surface area contributed by atoms with Crippen molar-refractivity contribution < 1.29 is 4.79 Å². The third kappa shape index (κ3) is 4.68. The lowest BCUT2D eigenvalue weighted by Crippen LogP contribution is -2.19. The minimum absolute atomic E-state index is 0.582. The number of primary amides is 1. The molecule has 1 saturated carbocycles. The van der Waals surface area contributed by atoms with Crippen molar-refractivity contribution in [3.63, 3.8) is 0 Å². The summed E-state index contributed by atoms with van der Waals surface area (Å²) in [7, 11) is 0. The van der Waals surface area contributed by atoms with Crippen LogP contribution in [-0.2, 0) is 0 Å². The zero-order chi connectivity index (χ0) is 20.4. The molecule has 0 saturated heterocycles. The highest BCUT2D eigenvalue weighted by atomic mass is 32.2. The SMILES string of the molecule is Cc1cc(Nc2cc(C3CCC3)[nH]n2)nc(Sc2ccc(NC(N)=O)cc2C)n1. The summed E-state index contributed by atoms with van der Waals surface area (Å²) in [6.45, 7) is 3.91. The highest BCUT2D eigenvalue weighted by Crippen LogP contribution is 2.36. The Morgan fingerprint density at radius 2 is 2.00 bits per heavy atom. The quantitative estimate of drug-likeness (QED) is 0.446. The third-order valence-corrected chi connectivity index (χ3v) is 5.92. The molecule has 0 unspecified atom stereocenters. The maximum absolute atomic E-state index is 11.0. The third-order valence-electron chi connectivity index (χ3n) is 4.88. The predicted octanol–water partition coefficient (Wildman–Crippen LogP) is 4.47. The van der Waals surface area contributed by atoms with Crippen LogP contribution >= 0.6 is 11.8 Å². The van der Waals surface area contributed by atoms with Gasteiger partial charge in [-0.2, -0.15) is 5.10 Å². The summed E-state index contributed by atoms with van der Waals surface area (Å²) in [4.78, 5) is 21.2. The van der Waals surface area contributed by atoms with Crippen molar-refractivity contribution in [2.75, 3.05) is 10.6 Å². The van der Waals surface area contributed by atoms with Gasteiger partial charge >= 0.3 is 6.03 Å². The van der Waals surface area contributed by atoms with Gasteiger partial charge in [0.2, 0.25) is 0 Å². The first-order chi connectivity index (χ1) is 14.0. The number of anilines is 3. The lowest BCUT2D eigenvalue weighted by atomic mass is 9.83. The molecule has 0 radical (unpaired) electrons. The first kappa shape index (κ1) is 19.3. The van der Waals surface area contributed by atoms with E-state index in [1.54, 1.807) is 6.07 Å². The van der Waals surface area contributed by atoms with Crippen molar-refractivity contribution in [2.24, 2.45) is 5.73 Å². The summed E-state index contributed by atoms with van der Waals surface area (Å²) >= 11 is 1.47. The molecule has 2 heterocycles. The first-order valence-electron chi connectivity index (χ1n) is 9.49. The molecule has 150 valence electrons. The summed E-state index contributed by atoms with van der Waals surface area (Å²) in [5, 5.41) is 14.0. The minimum atomic E-state index is -0.582. The number of amides is 2. The Morgan fingerprint density at radius 3 is 2.69 bits per heavy atom. The van der Waals surface area contributed by atoms with Gasteiger partial charge in [-0.3, -0.25) is 5.10 Å². The summed E-state index contributed by atoms with van der Waals surface area (Å²) in [5.41, 5.74) is 8.88. The number of aromatic amines is 1.